The molecule has 0 spiro atoms. The van der Waals surface area contributed by atoms with E-state index in [9.17, 15) is 15.0 Å². The highest BCUT2D eigenvalue weighted by atomic mass is 35.5. The fraction of sp³-hybridized carbons (Fsp3) is 0.486. The van der Waals surface area contributed by atoms with Crippen molar-refractivity contribution in [3.05, 3.63) is 56.1 Å². The van der Waals surface area contributed by atoms with E-state index < -0.39 is 18.2 Å². The maximum absolute atomic E-state index is 12.7. The Morgan fingerprint density at radius 1 is 1.00 bits per heavy atom. The molecule has 0 unspecified atom stereocenters. The van der Waals surface area contributed by atoms with Gasteiger partial charge in [-0.1, -0.05) is 42.5 Å². The molecular weight excluding hydrogens is 699 g/mol. The van der Waals surface area contributed by atoms with E-state index in [0.29, 0.717) is 43.9 Å². The van der Waals surface area contributed by atoms with Crippen LogP contribution in [0.1, 0.15) is 59.6 Å². The lowest BCUT2D eigenvalue weighted by molar-refractivity contribution is -0.145. The first kappa shape index (κ1) is 35.1. The number of nitrogens with zero attached hydrogens (tertiary/aromatic N) is 4. The molecule has 5 heterocycles. The highest BCUT2D eigenvalue weighted by Crippen LogP contribution is 2.53. The molecule has 13 heteroatoms. The third-order valence-electron chi connectivity index (χ3n) is 10.3. The Morgan fingerprint density at radius 3 is 2.42 bits per heavy atom. The zero-order chi connectivity index (χ0) is 35.1. The topological polar surface area (TPSA) is 117 Å². The van der Waals surface area contributed by atoms with Crippen LogP contribution in [0.25, 0.3) is 21.3 Å². The van der Waals surface area contributed by atoms with Gasteiger partial charge in [-0.15, -0.1) is 11.3 Å². The molecule has 2 N–H and O–H groups in total. The lowest BCUT2D eigenvalue weighted by Gasteiger charge is -2.35. The number of phenols is 1. The van der Waals surface area contributed by atoms with Gasteiger partial charge in [-0.25, -0.2) is 14.8 Å². The minimum absolute atomic E-state index is 0.0543. The summed E-state index contributed by atoms with van der Waals surface area (Å²) in [6, 6.07) is 4.80. The van der Waals surface area contributed by atoms with E-state index in [0.717, 1.165) is 79.0 Å². The molecule has 4 bridgehead atoms. The second kappa shape index (κ2) is 14.7. The lowest BCUT2D eigenvalue weighted by atomic mass is 9.83. The summed E-state index contributed by atoms with van der Waals surface area (Å²) in [7, 11) is 2.12. The Hall–Kier alpha value is -3.35. The van der Waals surface area contributed by atoms with Crippen LogP contribution in [-0.2, 0) is 11.2 Å². The van der Waals surface area contributed by atoms with Gasteiger partial charge in [-0.2, -0.15) is 0 Å². The molecule has 4 aromatic rings. The smallest absolute Gasteiger partial charge is 0.345 e. The molecule has 1 aliphatic carbocycles. The number of aliphatic carboxylic acids is 1. The highest BCUT2D eigenvalue weighted by molar-refractivity contribution is 7.19. The van der Waals surface area contributed by atoms with Gasteiger partial charge in [0.05, 0.1) is 15.4 Å². The van der Waals surface area contributed by atoms with Gasteiger partial charge >= 0.3 is 5.97 Å². The number of thiophene rings is 1. The Labute approximate surface area is 305 Å². The van der Waals surface area contributed by atoms with Crippen molar-refractivity contribution in [1.29, 1.82) is 0 Å². The summed E-state index contributed by atoms with van der Waals surface area (Å²) in [4.78, 5) is 28.4. The summed E-state index contributed by atoms with van der Waals surface area (Å²) < 4.78 is 19.3. The number of rotatable bonds is 4. The molecule has 8 rings (SSSR count). The quantitative estimate of drug-likeness (QED) is 0.218. The third kappa shape index (κ3) is 6.95. The molecule has 10 nitrogen and oxygen atoms in total. The van der Waals surface area contributed by atoms with Crippen LogP contribution < -0.4 is 14.2 Å². The number of carboxylic acids is 1. The standard InChI is InChI=1S/C37H42Cl2N4O6S/c1-20-28-21(2)32(39)33(31(20)38)48-25(17-43-13-11-42(3)12-14-43)18-47-24-9-10-26(44)23(15-24)16-27(37(45)46)49-35-30-29(28)34(22-7-5-4-6-8-22)50-36(30)41-19-40-35/h9-10,15,19,22,25,27,44H,4-8,11-14,16-18H2,1-3H3,(H,45,46)/t25-,27-/m1/s1. The maximum atomic E-state index is 12.7. The number of carboxylic acid groups (broad SMARTS) is 1. The molecule has 2 atom stereocenters. The van der Waals surface area contributed by atoms with Crippen LogP contribution >= 0.6 is 34.5 Å². The maximum Gasteiger partial charge on any atom is 0.345 e. The number of hydrogen-bond donors (Lipinski definition) is 2. The molecule has 3 aliphatic heterocycles. The normalized spacial score (nSPS) is 21.0. The summed E-state index contributed by atoms with van der Waals surface area (Å²) in [5, 5.41) is 22.7. The number of halogens is 2. The van der Waals surface area contributed by atoms with Crippen molar-refractivity contribution < 1.29 is 29.2 Å². The Bertz CT molecular complexity index is 1880. The fourth-order valence-electron chi connectivity index (χ4n) is 7.46. The number of aromatic nitrogens is 2. The molecule has 2 aromatic carbocycles. The Morgan fingerprint density at radius 2 is 1.72 bits per heavy atom. The van der Waals surface area contributed by atoms with Crippen LogP contribution in [-0.4, -0.2) is 94.5 Å². The van der Waals surface area contributed by atoms with Crippen LogP contribution in [0.15, 0.2) is 24.5 Å². The summed E-state index contributed by atoms with van der Waals surface area (Å²) in [6.07, 6.45) is 5.00. The number of piperazine rings is 1. The second-order valence-corrected chi connectivity index (χ2v) is 15.5. The number of hydrogen-bond acceptors (Lipinski definition) is 10. The first-order chi connectivity index (χ1) is 24.1. The molecule has 0 radical (unpaired) electrons. The van der Waals surface area contributed by atoms with Crippen molar-refractivity contribution in [2.24, 2.45) is 0 Å². The van der Waals surface area contributed by atoms with Crippen molar-refractivity contribution in [1.82, 2.24) is 19.8 Å². The van der Waals surface area contributed by atoms with Gasteiger partial charge in [0.15, 0.2) is 5.75 Å². The molecule has 0 amide bonds. The molecule has 1 saturated heterocycles. The van der Waals surface area contributed by atoms with Gasteiger partial charge in [-0.3, -0.25) is 4.90 Å². The van der Waals surface area contributed by atoms with Gasteiger partial charge in [0.2, 0.25) is 12.0 Å². The molecule has 4 aliphatic rings. The van der Waals surface area contributed by atoms with E-state index in [4.69, 9.17) is 37.4 Å². The third-order valence-corrected chi connectivity index (χ3v) is 12.4. The average Bonchev–Trinajstić information content (AvgIpc) is 3.50. The van der Waals surface area contributed by atoms with Gasteiger partial charge < -0.3 is 29.3 Å². The number of likely N-dealkylation sites (N-methyl/N-ethyl adjacent to an activating group) is 1. The summed E-state index contributed by atoms with van der Waals surface area (Å²) >= 11 is 16.1. The number of carbonyl (C=O) groups is 1. The first-order valence-electron chi connectivity index (χ1n) is 17.3. The van der Waals surface area contributed by atoms with Gasteiger partial charge in [0.25, 0.3) is 0 Å². The minimum Gasteiger partial charge on any atom is -0.508 e. The van der Waals surface area contributed by atoms with E-state index >= 15 is 0 Å². The van der Waals surface area contributed by atoms with Crippen molar-refractivity contribution in [2.45, 2.75) is 70.5 Å². The van der Waals surface area contributed by atoms with Crippen LogP contribution in [0, 0.1) is 13.8 Å². The fourth-order valence-corrected chi connectivity index (χ4v) is 9.28. The van der Waals surface area contributed by atoms with E-state index in [2.05, 4.69) is 26.8 Å². The van der Waals surface area contributed by atoms with Crippen molar-refractivity contribution >= 4 is 50.7 Å². The predicted octanol–water partition coefficient (Wildman–Crippen LogP) is 7.50. The molecule has 1 saturated carbocycles. The monoisotopic (exact) mass is 740 g/mol. The van der Waals surface area contributed by atoms with E-state index in [1.807, 2.05) is 13.8 Å². The molecule has 2 aromatic heterocycles. The largest absolute Gasteiger partial charge is 0.508 e. The number of fused-ring (bicyclic) bond motifs is 7. The number of phenolic OH excluding ortho intramolecular Hbond substituents is 1. The van der Waals surface area contributed by atoms with Crippen LogP contribution in [0.2, 0.25) is 10.0 Å². The minimum atomic E-state index is -1.36. The predicted molar refractivity (Wildman–Crippen MR) is 196 cm³/mol. The highest BCUT2D eigenvalue weighted by Gasteiger charge is 2.33. The lowest BCUT2D eigenvalue weighted by Crippen LogP contribution is -2.49. The summed E-state index contributed by atoms with van der Waals surface area (Å²) in [6.45, 7) is 8.35. The van der Waals surface area contributed by atoms with Crippen LogP contribution in [0.3, 0.4) is 0 Å². The number of aromatic hydroxyl groups is 1. The summed E-state index contributed by atoms with van der Waals surface area (Å²) in [5.74, 6) is 0.0648. The van der Waals surface area contributed by atoms with E-state index in [-0.39, 0.29) is 30.6 Å². The first-order valence-corrected chi connectivity index (χ1v) is 18.8. The van der Waals surface area contributed by atoms with Gasteiger partial charge in [0, 0.05) is 55.1 Å². The second-order valence-electron chi connectivity index (χ2n) is 13.7. The van der Waals surface area contributed by atoms with Gasteiger partial charge in [0.1, 0.15) is 35.4 Å². The van der Waals surface area contributed by atoms with Gasteiger partial charge in [-0.05, 0) is 74.5 Å². The SMILES string of the molecule is Cc1c(Cl)c2c(Cl)c(C)c1-c1c(C3CCCCC3)sc3ncnc(c13)O[C@@H](C(=O)O)Cc1cc(ccc1O)OC[C@@H](CN1CCN(C)CC1)O2. The van der Waals surface area contributed by atoms with E-state index in [1.54, 1.807) is 23.5 Å². The zero-order valence-corrected chi connectivity index (χ0v) is 30.8. The Balaban J connectivity index is 1.43. The Kier molecular flexibility index (Phi) is 10.3. The molecule has 50 heavy (non-hydrogen) atoms. The van der Waals surface area contributed by atoms with Crippen molar-refractivity contribution in [2.75, 3.05) is 46.4 Å². The van der Waals surface area contributed by atoms with E-state index in [1.165, 1.54) is 18.8 Å². The number of benzene rings is 2. The molecule has 2 fully saturated rings. The number of ether oxygens (including phenoxy) is 3. The van der Waals surface area contributed by atoms with Crippen molar-refractivity contribution in [3.63, 3.8) is 0 Å². The summed E-state index contributed by atoms with van der Waals surface area (Å²) in [5.41, 5.74) is 3.70. The van der Waals surface area contributed by atoms with Crippen molar-refractivity contribution in [3.8, 4) is 34.3 Å². The molecule has 266 valence electrons. The average molecular weight is 742 g/mol. The van der Waals surface area contributed by atoms with Crippen LogP contribution in [0.4, 0.5) is 0 Å². The van der Waals surface area contributed by atoms with Crippen LogP contribution in [0.5, 0.6) is 23.1 Å². The zero-order valence-electron chi connectivity index (χ0n) is 28.5. The molecular formula is C37H42Cl2N4O6S.